The van der Waals surface area contributed by atoms with E-state index in [0.717, 1.165) is 12.1 Å². The van der Waals surface area contributed by atoms with Crippen LogP contribution in [0.25, 0.3) is 11.1 Å². The van der Waals surface area contributed by atoms with Crippen LogP contribution in [0, 0.1) is 0 Å². The summed E-state index contributed by atoms with van der Waals surface area (Å²) in [6.45, 7) is 2.65. The van der Waals surface area contributed by atoms with Crippen molar-refractivity contribution in [2.24, 2.45) is 0 Å². The Morgan fingerprint density at radius 1 is 1.15 bits per heavy atom. The van der Waals surface area contributed by atoms with Crippen molar-refractivity contribution in [2.75, 3.05) is 18.9 Å². The number of hydrogen-bond donors (Lipinski definition) is 1. The molecule has 0 unspecified atom stereocenters. The number of urea groups is 1. The summed E-state index contributed by atoms with van der Waals surface area (Å²) in [5.74, 6) is 0. The van der Waals surface area contributed by atoms with E-state index >= 15 is 0 Å². The number of carbonyl (C=O) groups is 1. The summed E-state index contributed by atoms with van der Waals surface area (Å²) in [4.78, 5) is 13.5. The fourth-order valence-corrected chi connectivity index (χ4v) is 2.59. The van der Waals surface area contributed by atoms with Gasteiger partial charge >= 0.3 is 6.03 Å². The van der Waals surface area contributed by atoms with Gasteiger partial charge in [-0.3, -0.25) is 0 Å². The number of benzene rings is 2. The number of nitrogens with one attached hydrogen (secondary N) is 1. The number of fused-ring (bicyclic) bond motifs is 3. The molecule has 0 atom stereocenters. The molecule has 3 nitrogen and oxygen atoms in total. The molecule has 20 heavy (non-hydrogen) atoms. The highest BCUT2D eigenvalue weighted by molar-refractivity contribution is 5.90. The molecule has 102 valence electrons. The topological polar surface area (TPSA) is 32.3 Å². The van der Waals surface area contributed by atoms with Gasteiger partial charge in [-0.1, -0.05) is 30.3 Å². The molecule has 0 radical (unpaired) electrons. The SMILES string of the molecule is CCN(C)C(=O)Nc1ccc2c(c1)Cc1ccccc1-2. The largest absolute Gasteiger partial charge is 0.328 e. The van der Waals surface area contributed by atoms with Crippen LogP contribution < -0.4 is 5.32 Å². The minimum absolute atomic E-state index is 0.0667. The van der Waals surface area contributed by atoms with E-state index in [0.29, 0.717) is 6.54 Å². The van der Waals surface area contributed by atoms with Crippen LogP contribution in [0.3, 0.4) is 0 Å². The van der Waals surface area contributed by atoms with E-state index in [4.69, 9.17) is 0 Å². The summed E-state index contributed by atoms with van der Waals surface area (Å²) in [6.07, 6.45) is 0.943. The van der Waals surface area contributed by atoms with E-state index in [1.54, 1.807) is 11.9 Å². The van der Waals surface area contributed by atoms with Gasteiger partial charge in [-0.05, 0) is 47.7 Å². The first-order valence-electron chi connectivity index (χ1n) is 6.92. The lowest BCUT2D eigenvalue weighted by Gasteiger charge is -2.16. The van der Waals surface area contributed by atoms with Gasteiger partial charge in [0, 0.05) is 19.3 Å². The van der Waals surface area contributed by atoms with Crippen molar-refractivity contribution in [3.05, 3.63) is 53.6 Å². The number of carbonyl (C=O) groups excluding carboxylic acids is 1. The van der Waals surface area contributed by atoms with Gasteiger partial charge in [0.25, 0.3) is 0 Å². The highest BCUT2D eigenvalue weighted by Crippen LogP contribution is 2.37. The molecular formula is C17H18N2O. The molecule has 2 aromatic carbocycles. The van der Waals surface area contributed by atoms with E-state index in [1.807, 2.05) is 13.0 Å². The molecule has 3 rings (SSSR count). The maximum Gasteiger partial charge on any atom is 0.321 e. The lowest BCUT2D eigenvalue weighted by Crippen LogP contribution is -2.30. The summed E-state index contributed by atoms with van der Waals surface area (Å²) in [5, 5.41) is 2.94. The summed E-state index contributed by atoms with van der Waals surface area (Å²) in [5.41, 5.74) is 6.09. The molecule has 0 aliphatic heterocycles. The lowest BCUT2D eigenvalue weighted by atomic mass is 10.1. The standard InChI is InChI=1S/C17H18N2O/c1-3-19(2)17(20)18-14-8-9-16-13(11-14)10-12-6-4-5-7-15(12)16/h4-9,11H,3,10H2,1-2H3,(H,18,20). The molecule has 0 fully saturated rings. The van der Waals surface area contributed by atoms with Crippen LogP contribution in [0.4, 0.5) is 10.5 Å². The molecule has 1 aliphatic rings. The Morgan fingerprint density at radius 3 is 2.70 bits per heavy atom. The number of nitrogens with zero attached hydrogens (tertiary/aromatic N) is 1. The molecule has 1 aliphatic carbocycles. The van der Waals surface area contributed by atoms with Crippen molar-refractivity contribution in [3.8, 4) is 11.1 Å². The first kappa shape index (κ1) is 12.7. The van der Waals surface area contributed by atoms with Gasteiger partial charge in [-0.15, -0.1) is 0 Å². The van der Waals surface area contributed by atoms with Gasteiger partial charge in [-0.2, -0.15) is 0 Å². The number of amides is 2. The van der Waals surface area contributed by atoms with E-state index in [2.05, 4.69) is 41.7 Å². The third-order valence-electron chi connectivity index (χ3n) is 3.87. The van der Waals surface area contributed by atoms with Gasteiger partial charge < -0.3 is 10.2 Å². The average molecular weight is 266 g/mol. The summed E-state index contributed by atoms with van der Waals surface area (Å²) in [7, 11) is 1.79. The first-order valence-corrected chi connectivity index (χ1v) is 6.92. The third kappa shape index (κ3) is 2.16. The summed E-state index contributed by atoms with van der Waals surface area (Å²) >= 11 is 0. The van der Waals surface area contributed by atoms with Crippen LogP contribution in [0.5, 0.6) is 0 Å². The van der Waals surface area contributed by atoms with Gasteiger partial charge in [0.2, 0.25) is 0 Å². The second-order valence-corrected chi connectivity index (χ2v) is 5.15. The van der Waals surface area contributed by atoms with Crippen LogP contribution in [0.1, 0.15) is 18.1 Å². The van der Waals surface area contributed by atoms with Crippen LogP contribution in [-0.2, 0) is 6.42 Å². The predicted molar refractivity (Wildman–Crippen MR) is 82.0 cm³/mol. The zero-order chi connectivity index (χ0) is 14.1. The Kier molecular flexibility index (Phi) is 3.18. The Balaban J connectivity index is 1.86. The molecule has 2 amide bonds. The molecule has 1 N–H and O–H groups in total. The molecule has 0 bridgehead atoms. The zero-order valence-corrected chi connectivity index (χ0v) is 11.8. The fourth-order valence-electron chi connectivity index (χ4n) is 2.59. The molecular weight excluding hydrogens is 248 g/mol. The summed E-state index contributed by atoms with van der Waals surface area (Å²) in [6, 6.07) is 14.6. The van der Waals surface area contributed by atoms with Crippen molar-refractivity contribution < 1.29 is 4.79 Å². The quantitative estimate of drug-likeness (QED) is 0.753. The normalized spacial score (nSPS) is 11.7. The molecule has 0 aromatic heterocycles. The maximum absolute atomic E-state index is 11.9. The smallest absolute Gasteiger partial charge is 0.321 e. The number of rotatable bonds is 2. The van der Waals surface area contributed by atoms with Gasteiger partial charge in [0.1, 0.15) is 0 Å². The monoisotopic (exact) mass is 266 g/mol. The fraction of sp³-hybridized carbons (Fsp3) is 0.235. The lowest BCUT2D eigenvalue weighted by molar-refractivity contribution is 0.224. The van der Waals surface area contributed by atoms with Crippen molar-refractivity contribution in [3.63, 3.8) is 0 Å². The predicted octanol–water partition coefficient (Wildman–Crippen LogP) is 3.74. The highest BCUT2D eigenvalue weighted by Gasteiger charge is 2.18. The molecule has 0 saturated carbocycles. The van der Waals surface area contributed by atoms with Crippen molar-refractivity contribution in [1.82, 2.24) is 4.90 Å². The highest BCUT2D eigenvalue weighted by atomic mass is 16.2. The minimum Gasteiger partial charge on any atom is -0.328 e. The maximum atomic E-state index is 11.9. The van der Waals surface area contributed by atoms with Crippen LogP contribution >= 0.6 is 0 Å². The van der Waals surface area contributed by atoms with E-state index in [-0.39, 0.29) is 6.03 Å². The van der Waals surface area contributed by atoms with E-state index < -0.39 is 0 Å². The van der Waals surface area contributed by atoms with Crippen LogP contribution in [0.15, 0.2) is 42.5 Å². The van der Waals surface area contributed by atoms with Gasteiger partial charge in [-0.25, -0.2) is 4.79 Å². The van der Waals surface area contributed by atoms with Crippen LogP contribution in [-0.4, -0.2) is 24.5 Å². The Hall–Kier alpha value is -2.29. The van der Waals surface area contributed by atoms with Crippen molar-refractivity contribution >= 4 is 11.7 Å². The molecule has 2 aromatic rings. The molecule has 0 heterocycles. The molecule has 0 saturated heterocycles. The van der Waals surface area contributed by atoms with Gasteiger partial charge in [0.15, 0.2) is 0 Å². The van der Waals surface area contributed by atoms with Crippen LogP contribution in [0.2, 0.25) is 0 Å². The second-order valence-electron chi connectivity index (χ2n) is 5.15. The Bertz CT molecular complexity index is 664. The summed E-state index contributed by atoms with van der Waals surface area (Å²) < 4.78 is 0. The van der Waals surface area contributed by atoms with Gasteiger partial charge in [0.05, 0.1) is 0 Å². The Morgan fingerprint density at radius 2 is 1.90 bits per heavy atom. The van der Waals surface area contributed by atoms with Crippen molar-refractivity contribution in [1.29, 1.82) is 0 Å². The first-order chi connectivity index (χ1) is 9.69. The zero-order valence-electron chi connectivity index (χ0n) is 11.8. The third-order valence-corrected chi connectivity index (χ3v) is 3.87. The molecule has 0 spiro atoms. The number of hydrogen-bond acceptors (Lipinski definition) is 1. The molecule has 3 heteroatoms. The van der Waals surface area contributed by atoms with Crippen molar-refractivity contribution in [2.45, 2.75) is 13.3 Å². The second kappa shape index (κ2) is 5.00. The van der Waals surface area contributed by atoms with E-state index in [9.17, 15) is 4.79 Å². The minimum atomic E-state index is -0.0667. The van der Waals surface area contributed by atoms with E-state index in [1.165, 1.54) is 22.3 Å². The number of anilines is 1. The average Bonchev–Trinajstić information content (AvgIpc) is 2.83. The Labute approximate surface area is 119 Å².